The molecule has 8 heteroatoms. The summed E-state index contributed by atoms with van der Waals surface area (Å²) < 4.78 is 22.1. The Balaban J connectivity index is 1.64. The lowest BCUT2D eigenvalue weighted by molar-refractivity contribution is -0.127. The van der Waals surface area contributed by atoms with Crippen LogP contribution in [0.3, 0.4) is 0 Å². The molecule has 0 spiro atoms. The highest BCUT2D eigenvalue weighted by atomic mass is 35.5. The maximum absolute atomic E-state index is 12.4. The van der Waals surface area contributed by atoms with E-state index in [0.717, 1.165) is 5.56 Å². The quantitative estimate of drug-likeness (QED) is 0.781. The van der Waals surface area contributed by atoms with Crippen LogP contribution in [0.25, 0.3) is 0 Å². The largest absolute Gasteiger partial charge is 0.496 e. The molecule has 1 atom stereocenters. The first-order valence-electron chi connectivity index (χ1n) is 8.34. The molecular formula is C19H19Cl2NO5. The van der Waals surface area contributed by atoms with Crippen molar-refractivity contribution in [2.75, 3.05) is 20.3 Å². The molecule has 0 saturated carbocycles. The van der Waals surface area contributed by atoms with Crippen LogP contribution in [0.4, 0.5) is 0 Å². The lowest BCUT2D eigenvalue weighted by Crippen LogP contribution is -2.36. The third-order valence-corrected chi connectivity index (χ3v) is 4.50. The van der Waals surface area contributed by atoms with E-state index in [0.29, 0.717) is 46.3 Å². The van der Waals surface area contributed by atoms with E-state index in [9.17, 15) is 4.79 Å². The SMILES string of the molecule is COc1cc2c(cc1CNC(=O)C(C)Oc1ccc(Cl)cc1Cl)OCCO2. The number of carbonyl (C=O) groups excluding carboxylic acids is 1. The van der Waals surface area contributed by atoms with E-state index in [1.807, 2.05) is 0 Å². The second kappa shape index (κ2) is 8.59. The number of nitrogens with one attached hydrogen (secondary N) is 1. The first-order valence-corrected chi connectivity index (χ1v) is 9.09. The number of hydrogen-bond acceptors (Lipinski definition) is 5. The van der Waals surface area contributed by atoms with Crippen molar-refractivity contribution in [3.63, 3.8) is 0 Å². The normalized spacial score (nSPS) is 13.6. The summed E-state index contributed by atoms with van der Waals surface area (Å²) in [5, 5.41) is 3.66. The Morgan fingerprint density at radius 3 is 2.52 bits per heavy atom. The van der Waals surface area contributed by atoms with Gasteiger partial charge in [0.05, 0.1) is 12.1 Å². The Morgan fingerprint density at radius 1 is 1.15 bits per heavy atom. The topological polar surface area (TPSA) is 66.0 Å². The summed E-state index contributed by atoms with van der Waals surface area (Å²) >= 11 is 11.9. The average molecular weight is 412 g/mol. The fourth-order valence-electron chi connectivity index (χ4n) is 2.58. The van der Waals surface area contributed by atoms with E-state index < -0.39 is 6.10 Å². The van der Waals surface area contributed by atoms with Gasteiger partial charge < -0.3 is 24.3 Å². The van der Waals surface area contributed by atoms with Gasteiger partial charge in [0.15, 0.2) is 17.6 Å². The molecule has 3 rings (SSSR count). The van der Waals surface area contributed by atoms with Crippen molar-refractivity contribution in [2.45, 2.75) is 19.6 Å². The number of amides is 1. The standard InChI is InChI=1S/C19H19Cl2NO5/c1-11(27-15-4-3-13(20)8-14(15)21)19(23)22-10-12-7-17-18(9-16(12)24-2)26-6-5-25-17/h3-4,7-9,11H,5-6,10H2,1-2H3,(H,22,23). The van der Waals surface area contributed by atoms with Gasteiger partial charge in [0.25, 0.3) is 5.91 Å². The van der Waals surface area contributed by atoms with Gasteiger partial charge in [-0.1, -0.05) is 23.2 Å². The van der Waals surface area contributed by atoms with E-state index in [2.05, 4.69) is 5.32 Å². The molecule has 0 saturated heterocycles. The molecule has 0 bridgehead atoms. The van der Waals surface area contributed by atoms with Crippen LogP contribution in [-0.4, -0.2) is 32.3 Å². The summed E-state index contributed by atoms with van der Waals surface area (Å²) in [7, 11) is 1.56. The van der Waals surface area contributed by atoms with Gasteiger partial charge >= 0.3 is 0 Å². The number of fused-ring (bicyclic) bond motifs is 1. The van der Waals surface area contributed by atoms with Gasteiger partial charge in [-0.05, 0) is 31.2 Å². The number of rotatable bonds is 6. The van der Waals surface area contributed by atoms with Crippen molar-refractivity contribution in [2.24, 2.45) is 0 Å². The molecule has 1 heterocycles. The van der Waals surface area contributed by atoms with Crippen LogP contribution in [0.2, 0.25) is 10.0 Å². The average Bonchev–Trinajstić information content (AvgIpc) is 2.67. The summed E-state index contributed by atoms with van der Waals surface area (Å²) in [4.78, 5) is 12.4. The molecule has 2 aromatic rings. The van der Waals surface area contributed by atoms with Crippen LogP contribution < -0.4 is 24.3 Å². The minimum absolute atomic E-state index is 0.251. The van der Waals surface area contributed by atoms with E-state index >= 15 is 0 Å². The Labute approximate surface area is 167 Å². The molecule has 6 nitrogen and oxygen atoms in total. The highest BCUT2D eigenvalue weighted by molar-refractivity contribution is 6.35. The summed E-state index contributed by atoms with van der Waals surface area (Å²) in [6.07, 6.45) is -0.744. The smallest absolute Gasteiger partial charge is 0.261 e. The zero-order valence-corrected chi connectivity index (χ0v) is 16.4. The predicted molar refractivity (Wildman–Crippen MR) is 102 cm³/mol. The third kappa shape index (κ3) is 4.70. The zero-order chi connectivity index (χ0) is 19.4. The number of ether oxygens (including phenoxy) is 4. The molecule has 144 valence electrons. The monoisotopic (exact) mass is 411 g/mol. The molecule has 1 N–H and O–H groups in total. The van der Waals surface area contributed by atoms with E-state index in [-0.39, 0.29) is 12.5 Å². The fraction of sp³-hybridized carbons (Fsp3) is 0.316. The number of hydrogen-bond donors (Lipinski definition) is 1. The number of halogens is 2. The van der Waals surface area contributed by atoms with Crippen LogP contribution in [0.5, 0.6) is 23.0 Å². The molecule has 0 fully saturated rings. The van der Waals surface area contributed by atoms with Crippen LogP contribution in [0, 0.1) is 0 Å². The van der Waals surface area contributed by atoms with E-state index in [1.54, 1.807) is 44.4 Å². The van der Waals surface area contributed by atoms with Crippen molar-refractivity contribution < 1.29 is 23.7 Å². The summed E-state index contributed by atoms with van der Waals surface area (Å²) in [6.45, 7) is 2.87. The van der Waals surface area contributed by atoms with Gasteiger partial charge in [0.2, 0.25) is 0 Å². The van der Waals surface area contributed by atoms with Crippen LogP contribution in [0.1, 0.15) is 12.5 Å². The Hall–Kier alpha value is -2.31. The van der Waals surface area contributed by atoms with Gasteiger partial charge in [-0.15, -0.1) is 0 Å². The van der Waals surface area contributed by atoms with Crippen LogP contribution in [0.15, 0.2) is 30.3 Å². The number of benzene rings is 2. The molecule has 1 amide bonds. The third-order valence-electron chi connectivity index (χ3n) is 3.97. The number of methoxy groups -OCH3 is 1. The minimum atomic E-state index is -0.744. The molecule has 1 aliphatic rings. The number of carbonyl (C=O) groups is 1. The van der Waals surface area contributed by atoms with Gasteiger partial charge in [-0.25, -0.2) is 0 Å². The second-order valence-electron chi connectivity index (χ2n) is 5.86. The van der Waals surface area contributed by atoms with Gasteiger partial charge in [0.1, 0.15) is 24.7 Å². The minimum Gasteiger partial charge on any atom is -0.496 e. The first kappa shape index (κ1) is 19.5. The highest BCUT2D eigenvalue weighted by Crippen LogP contribution is 2.36. The van der Waals surface area contributed by atoms with Crippen molar-refractivity contribution in [3.8, 4) is 23.0 Å². The molecule has 0 aromatic heterocycles. The van der Waals surface area contributed by atoms with E-state index in [4.69, 9.17) is 42.1 Å². The summed E-state index contributed by atoms with van der Waals surface area (Å²) in [6, 6.07) is 8.38. The van der Waals surface area contributed by atoms with Crippen molar-refractivity contribution in [3.05, 3.63) is 45.9 Å². The Bertz CT molecular complexity index is 843. The molecule has 0 aliphatic carbocycles. The van der Waals surface area contributed by atoms with Crippen molar-refractivity contribution in [1.82, 2.24) is 5.32 Å². The van der Waals surface area contributed by atoms with Gasteiger partial charge in [-0.2, -0.15) is 0 Å². The van der Waals surface area contributed by atoms with Crippen LogP contribution in [-0.2, 0) is 11.3 Å². The van der Waals surface area contributed by atoms with E-state index in [1.165, 1.54) is 0 Å². The van der Waals surface area contributed by atoms with Gasteiger partial charge in [0, 0.05) is 23.2 Å². The Morgan fingerprint density at radius 2 is 1.85 bits per heavy atom. The summed E-state index contributed by atoms with van der Waals surface area (Å²) in [5.41, 5.74) is 0.770. The zero-order valence-electron chi connectivity index (χ0n) is 14.9. The molecule has 1 unspecified atom stereocenters. The predicted octanol–water partition coefficient (Wildman–Crippen LogP) is 3.86. The second-order valence-corrected chi connectivity index (χ2v) is 6.70. The summed E-state index contributed by atoms with van der Waals surface area (Å²) in [5.74, 6) is 1.96. The van der Waals surface area contributed by atoms with Gasteiger partial charge in [-0.3, -0.25) is 4.79 Å². The molecular weight excluding hydrogens is 393 g/mol. The molecule has 1 aliphatic heterocycles. The maximum Gasteiger partial charge on any atom is 0.261 e. The Kier molecular flexibility index (Phi) is 6.19. The lowest BCUT2D eigenvalue weighted by atomic mass is 10.1. The van der Waals surface area contributed by atoms with Crippen molar-refractivity contribution in [1.29, 1.82) is 0 Å². The molecule has 27 heavy (non-hydrogen) atoms. The molecule has 2 aromatic carbocycles. The lowest BCUT2D eigenvalue weighted by Gasteiger charge is -2.21. The first-order chi connectivity index (χ1) is 13.0. The van der Waals surface area contributed by atoms with Crippen molar-refractivity contribution >= 4 is 29.1 Å². The maximum atomic E-state index is 12.4. The molecule has 0 radical (unpaired) electrons. The van der Waals surface area contributed by atoms with Crippen LogP contribution >= 0.6 is 23.2 Å². The highest BCUT2D eigenvalue weighted by Gasteiger charge is 2.19. The fourth-order valence-corrected chi connectivity index (χ4v) is 3.03.